The average molecular weight is 292 g/mol. The lowest BCUT2D eigenvalue weighted by atomic mass is 10.1. The number of hydrogen-bond acceptors (Lipinski definition) is 4. The minimum absolute atomic E-state index is 0.244. The van der Waals surface area contributed by atoms with E-state index in [2.05, 4.69) is 10.6 Å². The lowest BCUT2D eigenvalue weighted by Crippen LogP contribution is -2.44. The van der Waals surface area contributed by atoms with Gasteiger partial charge in [-0.3, -0.25) is 0 Å². The molecule has 5 nitrogen and oxygen atoms in total. The highest BCUT2D eigenvalue weighted by atomic mass is 32.1. The van der Waals surface area contributed by atoms with Crippen molar-refractivity contribution in [3.8, 4) is 0 Å². The van der Waals surface area contributed by atoms with Gasteiger partial charge in [-0.15, -0.1) is 0 Å². The van der Waals surface area contributed by atoms with Gasteiger partial charge in [-0.2, -0.15) is 0 Å². The van der Waals surface area contributed by atoms with Gasteiger partial charge in [0.1, 0.15) is 6.61 Å². The first-order valence-electron chi connectivity index (χ1n) is 6.17. The summed E-state index contributed by atoms with van der Waals surface area (Å²) < 4.78 is 10.4. The zero-order chi connectivity index (χ0) is 14.4. The Hall–Kier alpha value is -1.92. The van der Waals surface area contributed by atoms with E-state index in [0.717, 1.165) is 5.56 Å². The highest BCUT2D eigenvalue weighted by Crippen LogP contribution is 2.10. The molecule has 0 saturated carbocycles. The van der Waals surface area contributed by atoms with Gasteiger partial charge in [0.2, 0.25) is 0 Å². The van der Waals surface area contributed by atoms with Crippen LogP contribution in [-0.2, 0) is 20.9 Å². The Morgan fingerprint density at radius 1 is 1.30 bits per heavy atom. The van der Waals surface area contributed by atoms with Gasteiger partial charge in [0.15, 0.2) is 5.11 Å². The van der Waals surface area contributed by atoms with Crippen molar-refractivity contribution in [2.24, 2.45) is 0 Å². The van der Waals surface area contributed by atoms with Gasteiger partial charge >= 0.3 is 5.97 Å². The molecule has 20 heavy (non-hydrogen) atoms. The second-order valence-corrected chi connectivity index (χ2v) is 4.67. The van der Waals surface area contributed by atoms with Gasteiger partial charge in [-0.05, 0) is 17.8 Å². The number of ether oxygens (including phenoxy) is 2. The first-order valence-corrected chi connectivity index (χ1v) is 6.58. The number of carbonyl (C=O) groups is 1. The number of esters is 1. The van der Waals surface area contributed by atoms with Gasteiger partial charge in [0, 0.05) is 7.11 Å². The Morgan fingerprint density at radius 3 is 2.75 bits per heavy atom. The summed E-state index contributed by atoms with van der Waals surface area (Å²) in [6, 6.07) is 9.54. The van der Waals surface area contributed by atoms with Gasteiger partial charge in [0.25, 0.3) is 0 Å². The zero-order valence-electron chi connectivity index (χ0n) is 11.1. The summed E-state index contributed by atoms with van der Waals surface area (Å²) in [6.45, 7) is 0.879. The van der Waals surface area contributed by atoms with Crippen LogP contribution in [0.3, 0.4) is 0 Å². The quantitative estimate of drug-likeness (QED) is 0.626. The third-order valence-corrected chi connectivity index (χ3v) is 3.05. The molecule has 0 unspecified atom stereocenters. The Labute approximate surface area is 123 Å². The Bertz CT molecular complexity index is 528. The van der Waals surface area contributed by atoms with Crippen molar-refractivity contribution in [3.63, 3.8) is 0 Å². The summed E-state index contributed by atoms with van der Waals surface area (Å²) in [6.07, 6.45) is 0. The molecule has 6 heteroatoms. The number of benzene rings is 1. The summed E-state index contributed by atoms with van der Waals surface area (Å²) in [5, 5.41) is 6.31. The Balaban J connectivity index is 2.02. The number of rotatable bonds is 5. The monoisotopic (exact) mass is 292 g/mol. The SMILES string of the molecule is COCC1=C(C(=O)OCc2ccccc2)CNC(=S)N1. The summed E-state index contributed by atoms with van der Waals surface area (Å²) in [5.74, 6) is -0.372. The van der Waals surface area contributed by atoms with Gasteiger partial charge in [0.05, 0.1) is 24.4 Å². The lowest BCUT2D eigenvalue weighted by molar-refractivity contribution is -0.140. The molecule has 0 amide bonds. The fourth-order valence-electron chi connectivity index (χ4n) is 1.81. The van der Waals surface area contributed by atoms with E-state index in [1.807, 2.05) is 30.3 Å². The van der Waals surface area contributed by atoms with Crippen LogP contribution in [0, 0.1) is 0 Å². The second kappa shape index (κ2) is 7.02. The molecule has 106 valence electrons. The van der Waals surface area contributed by atoms with Crippen LogP contribution in [0.5, 0.6) is 0 Å². The van der Waals surface area contributed by atoms with Crippen molar-refractivity contribution in [2.45, 2.75) is 6.61 Å². The van der Waals surface area contributed by atoms with Crippen LogP contribution < -0.4 is 10.6 Å². The number of nitrogens with one attached hydrogen (secondary N) is 2. The third-order valence-electron chi connectivity index (χ3n) is 2.80. The molecular formula is C14H16N2O3S. The standard InChI is InChI=1S/C14H16N2O3S/c1-18-9-12-11(7-15-14(20)16-12)13(17)19-8-10-5-3-2-4-6-10/h2-6H,7-9H2,1H3,(H2,15,16,20). The van der Waals surface area contributed by atoms with Crippen molar-refractivity contribution in [2.75, 3.05) is 20.3 Å². The van der Waals surface area contributed by atoms with E-state index in [4.69, 9.17) is 21.7 Å². The molecule has 0 atom stereocenters. The van der Waals surface area contributed by atoms with E-state index in [1.165, 1.54) is 0 Å². The van der Waals surface area contributed by atoms with E-state index < -0.39 is 0 Å². The average Bonchev–Trinajstić information content (AvgIpc) is 2.46. The summed E-state index contributed by atoms with van der Waals surface area (Å²) in [5.41, 5.74) is 2.10. The molecular weight excluding hydrogens is 276 g/mol. The predicted octanol–water partition coefficient (Wildman–Crippen LogP) is 1.11. The summed E-state index contributed by atoms with van der Waals surface area (Å²) in [4.78, 5) is 12.1. The molecule has 1 heterocycles. The third kappa shape index (κ3) is 3.79. The van der Waals surface area contributed by atoms with Crippen molar-refractivity contribution >= 4 is 23.3 Å². The topological polar surface area (TPSA) is 59.6 Å². The van der Waals surface area contributed by atoms with Crippen LogP contribution in [0.4, 0.5) is 0 Å². The fraction of sp³-hybridized carbons (Fsp3) is 0.286. The smallest absolute Gasteiger partial charge is 0.338 e. The van der Waals surface area contributed by atoms with Gasteiger partial charge in [-0.1, -0.05) is 30.3 Å². The molecule has 2 N–H and O–H groups in total. The molecule has 0 bridgehead atoms. The number of carbonyl (C=O) groups excluding carboxylic acids is 1. The van der Waals surface area contributed by atoms with E-state index in [1.54, 1.807) is 7.11 Å². The molecule has 1 aromatic rings. The van der Waals surface area contributed by atoms with E-state index in [0.29, 0.717) is 22.9 Å². The highest BCUT2D eigenvalue weighted by molar-refractivity contribution is 7.80. The van der Waals surface area contributed by atoms with Crippen molar-refractivity contribution < 1.29 is 14.3 Å². The second-order valence-electron chi connectivity index (χ2n) is 4.26. The van der Waals surface area contributed by atoms with E-state index >= 15 is 0 Å². The molecule has 1 aromatic carbocycles. The number of thiocarbonyl (C=S) groups is 1. The van der Waals surface area contributed by atoms with Crippen LogP contribution >= 0.6 is 12.2 Å². The van der Waals surface area contributed by atoms with Gasteiger partial charge < -0.3 is 20.1 Å². The predicted molar refractivity (Wildman–Crippen MR) is 78.9 cm³/mol. The molecule has 0 aromatic heterocycles. The molecule has 1 aliphatic rings. The Kier molecular flexibility index (Phi) is 5.09. The molecule has 2 rings (SSSR count). The normalized spacial score (nSPS) is 14.6. The highest BCUT2D eigenvalue weighted by Gasteiger charge is 2.22. The molecule has 0 saturated heterocycles. The first kappa shape index (κ1) is 14.5. The Morgan fingerprint density at radius 2 is 2.05 bits per heavy atom. The molecule has 0 fully saturated rings. The maximum absolute atomic E-state index is 12.1. The molecule has 0 aliphatic carbocycles. The summed E-state index contributed by atoms with van der Waals surface area (Å²) >= 11 is 5.01. The van der Waals surface area contributed by atoms with Crippen molar-refractivity contribution in [3.05, 3.63) is 47.2 Å². The van der Waals surface area contributed by atoms with E-state index in [9.17, 15) is 4.79 Å². The van der Waals surface area contributed by atoms with Crippen molar-refractivity contribution in [1.29, 1.82) is 0 Å². The maximum atomic E-state index is 12.1. The van der Waals surface area contributed by atoms with Crippen LogP contribution in [0.2, 0.25) is 0 Å². The first-order chi connectivity index (χ1) is 9.70. The molecule has 0 spiro atoms. The number of hydrogen-bond donors (Lipinski definition) is 2. The largest absolute Gasteiger partial charge is 0.457 e. The molecule has 1 aliphatic heterocycles. The lowest BCUT2D eigenvalue weighted by Gasteiger charge is -2.22. The minimum Gasteiger partial charge on any atom is -0.457 e. The van der Waals surface area contributed by atoms with Gasteiger partial charge in [-0.25, -0.2) is 4.79 Å². The maximum Gasteiger partial charge on any atom is 0.338 e. The molecule has 0 radical (unpaired) electrons. The van der Waals surface area contributed by atoms with Crippen molar-refractivity contribution in [1.82, 2.24) is 10.6 Å². The zero-order valence-corrected chi connectivity index (χ0v) is 12.0. The van der Waals surface area contributed by atoms with E-state index in [-0.39, 0.29) is 19.2 Å². The minimum atomic E-state index is -0.372. The van der Waals surface area contributed by atoms with Crippen LogP contribution in [0.1, 0.15) is 5.56 Å². The fourth-order valence-corrected chi connectivity index (χ4v) is 2.00. The summed E-state index contributed by atoms with van der Waals surface area (Å²) in [7, 11) is 1.56. The number of methoxy groups -OCH3 is 1. The van der Waals surface area contributed by atoms with Crippen LogP contribution in [-0.4, -0.2) is 31.3 Å². The van der Waals surface area contributed by atoms with Crippen LogP contribution in [0.25, 0.3) is 0 Å². The van der Waals surface area contributed by atoms with Crippen LogP contribution in [0.15, 0.2) is 41.6 Å².